The van der Waals surface area contributed by atoms with Crippen LogP contribution < -0.4 is 0 Å². The van der Waals surface area contributed by atoms with Crippen LogP contribution in [0.4, 0.5) is 0 Å². The van der Waals surface area contributed by atoms with Crippen molar-refractivity contribution in [1.82, 2.24) is 4.90 Å². The average molecular weight is 245 g/mol. The maximum atomic E-state index is 12.1. The van der Waals surface area contributed by atoms with Gasteiger partial charge in [-0.2, -0.15) is 0 Å². The summed E-state index contributed by atoms with van der Waals surface area (Å²) >= 11 is 0. The van der Waals surface area contributed by atoms with Gasteiger partial charge in [0, 0.05) is 24.0 Å². The molecule has 0 bridgehead atoms. The van der Waals surface area contributed by atoms with Gasteiger partial charge in [-0.05, 0) is 32.9 Å². The monoisotopic (exact) mass is 245 g/mol. The number of nitrogens with zero attached hydrogens (tertiary/aromatic N) is 1. The summed E-state index contributed by atoms with van der Waals surface area (Å²) in [5.41, 5.74) is 3.01. The minimum Gasteiger partial charge on any atom is -0.464 e. The molecule has 0 saturated heterocycles. The summed E-state index contributed by atoms with van der Waals surface area (Å²) < 4.78 is 5.48. The fraction of sp³-hybridized carbons (Fsp3) is 0.400. The first-order valence-electron chi connectivity index (χ1n) is 6.40. The van der Waals surface area contributed by atoms with Crippen molar-refractivity contribution >= 4 is 16.9 Å². The molecule has 96 valence electrons. The van der Waals surface area contributed by atoms with Crippen LogP contribution in [0.1, 0.15) is 25.0 Å². The van der Waals surface area contributed by atoms with Gasteiger partial charge in [-0.25, -0.2) is 0 Å². The van der Waals surface area contributed by atoms with Gasteiger partial charge >= 0.3 is 0 Å². The van der Waals surface area contributed by atoms with E-state index in [1.807, 2.05) is 37.8 Å². The maximum Gasteiger partial charge on any atom is 0.227 e. The Hall–Kier alpha value is -1.77. The first kappa shape index (κ1) is 12.7. The Morgan fingerprint density at radius 2 is 2.00 bits per heavy atom. The Kier molecular flexibility index (Phi) is 3.70. The minimum atomic E-state index is 0.157. The highest BCUT2D eigenvalue weighted by atomic mass is 16.3. The molecule has 3 nitrogen and oxygen atoms in total. The van der Waals surface area contributed by atoms with Gasteiger partial charge in [-0.1, -0.05) is 11.6 Å². The van der Waals surface area contributed by atoms with E-state index in [9.17, 15) is 4.79 Å². The zero-order chi connectivity index (χ0) is 13.1. The number of hydrogen-bond acceptors (Lipinski definition) is 2. The van der Waals surface area contributed by atoms with E-state index in [0.717, 1.165) is 29.6 Å². The van der Waals surface area contributed by atoms with Gasteiger partial charge < -0.3 is 9.32 Å². The van der Waals surface area contributed by atoms with Crippen molar-refractivity contribution in [2.45, 2.75) is 27.2 Å². The molecule has 0 N–H and O–H groups in total. The van der Waals surface area contributed by atoms with Gasteiger partial charge in [0.2, 0.25) is 5.91 Å². The molecule has 0 saturated carbocycles. The highest BCUT2D eigenvalue weighted by Gasteiger charge is 2.14. The number of carbonyl (C=O) groups excluding carboxylic acids is 1. The molecule has 0 radical (unpaired) electrons. The van der Waals surface area contributed by atoms with Gasteiger partial charge in [-0.3, -0.25) is 4.79 Å². The van der Waals surface area contributed by atoms with E-state index in [4.69, 9.17) is 4.42 Å². The Morgan fingerprint density at radius 1 is 1.28 bits per heavy atom. The highest BCUT2D eigenvalue weighted by molar-refractivity contribution is 5.88. The van der Waals surface area contributed by atoms with Crippen molar-refractivity contribution in [3.8, 4) is 0 Å². The third-order valence-corrected chi connectivity index (χ3v) is 3.27. The molecule has 0 fully saturated rings. The molecular weight excluding hydrogens is 226 g/mol. The smallest absolute Gasteiger partial charge is 0.227 e. The van der Waals surface area contributed by atoms with Crippen molar-refractivity contribution in [3.63, 3.8) is 0 Å². The largest absolute Gasteiger partial charge is 0.464 e. The number of aryl methyl sites for hydroxylation is 1. The number of benzene rings is 1. The molecule has 18 heavy (non-hydrogen) atoms. The molecule has 2 rings (SSSR count). The molecule has 0 spiro atoms. The second-order valence-electron chi connectivity index (χ2n) is 4.50. The standard InChI is InChI=1S/C15H19NO2/c1-4-16(5-2)15(17)9-12-10-18-14-7-6-11(3)8-13(12)14/h6-8,10H,4-5,9H2,1-3H3. The molecule has 0 aliphatic rings. The van der Waals surface area contributed by atoms with E-state index in [2.05, 4.69) is 6.07 Å². The minimum absolute atomic E-state index is 0.157. The van der Waals surface area contributed by atoms with Crippen LogP contribution in [-0.2, 0) is 11.2 Å². The van der Waals surface area contributed by atoms with Crippen LogP contribution in [0.25, 0.3) is 11.0 Å². The van der Waals surface area contributed by atoms with Crippen LogP contribution in [0.5, 0.6) is 0 Å². The second kappa shape index (κ2) is 5.25. The number of likely N-dealkylation sites (N-methyl/N-ethyl adjacent to an activating group) is 1. The van der Waals surface area contributed by atoms with Gasteiger partial charge in [0.1, 0.15) is 5.58 Å². The third kappa shape index (κ3) is 2.40. The Bertz CT molecular complexity index is 553. The van der Waals surface area contributed by atoms with Gasteiger partial charge in [0.25, 0.3) is 0 Å². The number of rotatable bonds is 4. The summed E-state index contributed by atoms with van der Waals surface area (Å²) in [4.78, 5) is 13.9. The predicted molar refractivity (Wildman–Crippen MR) is 72.6 cm³/mol. The summed E-state index contributed by atoms with van der Waals surface area (Å²) in [6, 6.07) is 6.04. The zero-order valence-electron chi connectivity index (χ0n) is 11.2. The van der Waals surface area contributed by atoms with Crippen molar-refractivity contribution in [1.29, 1.82) is 0 Å². The van der Waals surface area contributed by atoms with Crippen LogP contribution in [0.15, 0.2) is 28.9 Å². The molecule has 0 unspecified atom stereocenters. The molecule has 1 aromatic heterocycles. The lowest BCUT2D eigenvalue weighted by Gasteiger charge is -2.18. The zero-order valence-corrected chi connectivity index (χ0v) is 11.2. The first-order chi connectivity index (χ1) is 8.65. The SMILES string of the molecule is CCN(CC)C(=O)Cc1coc2ccc(C)cc12. The first-order valence-corrected chi connectivity index (χ1v) is 6.40. The fourth-order valence-corrected chi connectivity index (χ4v) is 2.18. The lowest BCUT2D eigenvalue weighted by molar-refractivity contribution is -0.130. The van der Waals surface area contributed by atoms with Crippen LogP contribution in [0, 0.1) is 6.92 Å². The molecule has 0 aliphatic carbocycles. The van der Waals surface area contributed by atoms with E-state index in [-0.39, 0.29) is 5.91 Å². The van der Waals surface area contributed by atoms with Crippen molar-refractivity contribution in [2.24, 2.45) is 0 Å². The molecule has 3 heteroatoms. The van der Waals surface area contributed by atoms with Gasteiger partial charge in [0.15, 0.2) is 0 Å². The van der Waals surface area contributed by atoms with E-state index < -0.39 is 0 Å². The summed E-state index contributed by atoms with van der Waals surface area (Å²) in [5.74, 6) is 0.157. The summed E-state index contributed by atoms with van der Waals surface area (Å²) in [7, 11) is 0. The Morgan fingerprint density at radius 3 is 2.67 bits per heavy atom. The predicted octanol–water partition coefficient (Wildman–Crippen LogP) is 3.15. The third-order valence-electron chi connectivity index (χ3n) is 3.27. The van der Waals surface area contributed by atoms with Crippen molar-refractivity contribution in [3.05, 3.63) is 35.6 Å². The average Bonchev–Trinajstić information content (AvgIpc) is 2.73. The molecule has 1 amide bonds. The second-order valence-corrected chi connectivity index (χ2v) is 4.50. The highest BCUT2D eigenvalue weighted by Crippen LogP contribution is 2.23. The molecule has 0 aliphatic heterocycles. The molecule has 0 atom stereocenters. The van der Waals surface area contributed by atoms with Crippen molar-refractivity contribution < 1.29 is 9.21 Å². The molecular formula is C15H19NO2. The topological polar surface area (TPSA) is 33.5 Å². The van der Waals surface area contributed by atoms with Crippen molar-refractivity contribution in [2.75, 3.05) is 13.1 Å². The van der Waals surface area contributed by atoms with E-state index in [0.29, 0.717) is 6.42 Å². The van der Waals surface area contributed by atoms with E-state index >= 15 is 0 Å². The quantitative estimate of drug-likeness (QED) is 0.829. The normalized spacial score (nSPS) is 10.8. The van der Waals surface area contributed by atoms with Gasteiger partial charge in [-0.15, -0.1) is 0 Å². The summed E-state index contributed by atoms with van der Waals surface area (Å²) in [6.45, 7) is 7.55. The lowest BCUT2D eigenvalue weighted by atomic mass is 10.1. The molecule has 1 heterocycles. The maximum absolute atomic E-state index is 12.1. The number of fused-ring (bicyclic) bond motifs is 1. The van der Waals surface area contributed by atoms with E-state index in [1.54, 1.807) is 6.26 Å². The van der Waals surface area contributed by atoms with Crippen LogP contribution in [-0.4, -0.2) is 23.9 Å². The van der Waals surface area contributed by atoms with Crippen LogP contribution in [0.2, 0.25) is 0 Å². The number of carbonyl (C=O) groups is 1. The summed E-state index contributed by atoms with van der Waals surface area (Å²) in [6.07, 6.45) is 2.11. The van der Waals surface area contributed by atoms with E-state index in [1.165, 1.54) is 5.56 Å². The fourth-order valence-electron chi connectivity index (χ4n) is 2.18. The van der Waals surface area contributed by atoms with Crippen LogP contribution in [0.3, 0.4) is 0 Å². The molecule has 2 aromatic rings. The number of amides is 1. The number of furan rings is 1. The van der Waals surface area contributed by atoms with Gasteiger partial charge in [0.05, 0.1) is 12.7 Å². The Labute approximate surface area is 107 Å². The summed E-state index contributed by atoms with van der Waals surface area (Å²) in [5, 5.41) is 1.05. The number of hydrogen-bond donors (Lipinski definition) is 0. The lowest BCUT2D eigenvalue weighted by Crippen LogP contribution is -2.31. The Balaban J connectivity index is 2.26. The van der Waals surface area contributed by atoms with Crippen LogP contribution >= 0.6 is 0 Å². The molecule has 1 aromatic carbocycles.